The lowest BCUT2D eigenvalue weighted by Gasteiger charge is -2.27. The van der Waals surface area contributed by atoms with Crippen LogP contribution in [0.2, 0.25) is 5.02 Å². The number of halogens is 2. The number of aliphatic carboxylic acids is 1. The van der Waals surface area contributed by atoms with Gasteiger partial charge >= 0.3 is 5.97 Å². The second-order valence-electron chi connectivity index (χ2n) is 10.6. The van der Waals surface area contributed by atoms with Gasteiger partial charge in [0.1, 0.15) is 24.9 Å². The molecule has 1 amide bonds. The Bertz CT molecular complexity index is 1160. The van der Waals surface area contributed by atoms with E-state index in [1.165, 1.54) is 25.2 Å². The number of carbonyl (C=O) groups is 2. The molecule has 12 heteroatoms. The van der Waals surface area contributed by atoms with Gasteiger partial charge in [0.2, 0.25) is 5.91 Å². The number of nitrogens with one attached hydrogen (secondary N) is 2. The van der Waals surface area contributed by atoms with Crippen molar-refractivity contribution in [2.24, 2.45) is 0 Å². The topological polar surface area (TPSA) is 130 Å². The van der Waals surface area contributed by atoms with Gasteiger partial charge in [0.15, 0.2) is 0 Å². The molecule has 0 radical (unpaired) electrons. The van der Waals surface area contributed by atoms with Crippen LogP contribution in [-0.4, -0.2) is 88.9 Å². The lowest BCUT2D eigenvalue weighted by atomic mass is 10.00. The number of pyridine rings is 1. The minimum absolute atomic E-state index is 0.162. The van der Waals surface area contributed by atoms with Crippen LogP contribution in [0.4, 0.5) is 10.2 Å². The average Bonchev–Trinajstić information content (AvgIpc) is 3.77. The second kappa shape index (κ2) is 14.1. The van der Waals surface area contributed by atoms with Gasteiger partial charge in [-0.15, -0.1) is 0 Å². The Balaban J connectivity index is 1.32. The molecule has 0 aromatic carbocycles. The lowest BCUT2D eigenvalue weighted by molar-refractivity contribution is -0.142. The predicted molar refractivity (Wildman–Crippen MR) is 149 cm³/mol. The molecular weight excluding hydrogens is 539 g/mol. The standard InChI is InChI=1S/C28H38ClFN6O4/c1-40-21(15-30)17-36(13-3-2-6-20-8-7-19-5-4-12-32-25(19)34-20)14-9-23(26(37)38)35-27(39)28(10-11-28)24-22(29)16-31-18-33-24/h7-8,16,18,21,23H,2-6,9-15,17H2,1H3,(H,32,34)(H,35,39)(H,37,38)/t21-,23+/m1/s1. The zero-order valence-electron chi connectivity index (χ0n) is 22.9. The molecule has 0 unspecified atom stereocenters. The SMILES string of the molecule is CO[C@H](CF)CN(CCCCc1ccc2c(n1)NCCC2)CC[C@H](NC(=O)C1(c2ncncc2Cl)CC1)C(=O)O. The molecule has 0 saturated heterocycles. The van der Waals surface area contributed by atoms with Crippen LogP contribution < -0.4 is 10.6 Å². The van der Waals surface area contributed by atoms with Crippen LogP contribution in [0.5, 0.6) is 0 Å². The number of nitrogens with zero attached hydrogens (tertiary/aromatic N) is 4. The normalized spacial score (nSPS) is 17.0. The van der Waals surface area contributed by atoms with Crippen LogP contribution in [-0.2, 0) is 32.6 Å². The van der Waals surface area contributed by atoms with Gasteiger partial charge < -0.3 is 25.4 Å². The van der Waals surface area contributed by atoms with Crippen LogP contribution in [0.25, 0.3) is 0 Å². The van der Waals surface area contributed by atoms with Gasteiger partial charge in [0.25, 0.3) is 0 Å². The summed E-state index contributed by atoms with van der Waals surface area (Å²) in [7, 11) is 1.46. The molecule has 1 fully saturated rings. The van der Waals surface area contributed by atoms with Crippen LogP contribution in [0.3, 0.4) is 0 Å². The number of hydrogen-bond acceptors (Lipinski definition) is 8. The van der Waals surface area contributed by atoms with Gasteiger partial charge in [-0.25, -0.2) is 24.1 Å². The maximum atomic E-state index is 13.5. The number of hydrogen-bond donors (Lipinski definition) is 3. The van der Waals surface area contributed by atoms with E-state index in [1.54, 1.807) is 0 Å². The number of alkyl halides is 1. The first-order chi connectivity index (χ1) is 19.4. The van der Waals surface area contributed by atoms with Crippen molar-refractivity contribution in [3.05, 3.63) is 46.6 Å². The first-order valence-electron chi connectivity index (χ1n) is 13.9. The maximum absolute atomic E-state index is 13.5. The van der Waals surface area contributed by atoms with Crippen molar-refractivity contribution in [1.29, 1.82) is 0 Å². The van der Waals surface area contributed by atoms with Crippen LogP contribution in [0.1, 0.15) is 55.5 Å². The van der Waals surface area contributed by atoms with Gasteiger partial charge in [-0.2, -0.15) is 0 Å². The van der Waals surface area contributed by atoms with E-state index < -0.39 is 36.1 Å². The molecule has 2 aromatic rings. The smallest absolute Gasteiger partial charge is 0.326 e. The Labute approximate surface area is 239 Å². The van der Waals surface area contributed by atoms with E-state index in [-0.39, 0.29) is 11.4 Å². The van der Waals surface area contributed by atoms with Crippen molar-refractivity contribution in [3.8, 4) is 0 Å². The monoisotopic (exact) mass is 576 g/mol. The lowest BCUT2D eigenvalue weighted by Crippen LogP contribution is -2.48. The zero-order valence-corrected chi connectivity index (χ0v) is 23.6. The number of ether oxygens (including phenoxy) is 1. The highest BCUT2D eigenvalue weighted by molar-refractivity contribution is 6.31. The molecule has 4 rings (SSSR count). The first-order valence-corrected chi connectivity index (χ1v) is 14.3. The van der Waals surface area contributed by atoms with Crippen molar-refractivity contribution in [3.63, 3.8) is 0 Å². The highest BCUT2D eigenvalue weighted by Gasteiger charge is 2.54. The first kappa shape index (κ1) is 30.1. The fourth-order valence-electron chi connectivity index (χ4n) is 5.14. The summed E-state index contributed by atoms with van der Waals surface area (Å²) in [6, 6.07) is 3.12. The fourth-order valence-corrected chi connectivity index (χ4v) is 5.43. The summed E-state index contributed by atoms with van der Waals surface area (Å²) in [5, 5.41) is 16.2. The molecule has 10 nitrogen and oxygen atoms in total. The molecule has 2 aromatic heterocycles. The third-order valence-corrected chi connectivity index (χ3v) is 8.00. The minimum atomic E-state index is -1.13. The number of fused-ring (bicyclic) bond motifs is 1. The Morgan fingerprint density at radius 1 is 1.30 bits per heavy atom. The molecule has 1 aliphatic heterocycles. The van der Waals surface area contributed by atoms with Crippen LogP contribution in [0, 0.1) is 0 Å². The predicted octanol–water partition coefficient (Wildman–Crippen LogP) is 3.18. The third kappa shape index (κ3) is 7.64. The largest absolute Gasteiger partial charge is 0.480 e. The van der Waals surface area contributed by atoms with Gasteiger partial charge in [-0.3, -0.25) is 4.79 Å². The number of carbonyl (C=O) groups excluding carboxylic acids is 1. The summed E-state index contributed by atoms with van der Waals surface area (Å²) < 4.78 is 18.7. The average molecular weight is 577 g/mol. The Morgan fingerprint density at radius 3 is 2.83 bits per heavy atom. The number of unbranched alkanes of at least 4 members (excludes halogenated alkanes) is 1. The summed E-state index contributed by atoms with van der Waals surface area (Å²) in [5.74, 6) is -0.552. The molecule has 40 heavy (non-hydrogen) atoms. The number of amides is 1. The highest BCUT2D eigenvalue weighted by Crippen LogP contribution is 2.49. The van der Waals surface area contributed by atoms with Crippen molar-refractivity contribution in [2.45, 2.75) is 68.9 Å². The Hall–Kier alpha value is -2.89. The van der Waals surface area contributed by atoms with Gasteiger partial charge in [-0.05, 0) is 69.5 Å². The highest BCUT2D eigenvalue weighted by atomic mass is 35.5. The Morgan fingerprint density at radius 2 is 2.12 bits per heavy atom. The number of anilines is 1. The Kier molecular flexibility index (Phi) is 10.6. The number of carboxylic acid groups (broad SMARTS) is 1. The zero-order chi connectivity index (χ0) is 28.5. The molecular formula is C28H38ClFN6O4. The van der Waals surface area contributed by atoms with E-state index in [0.29, 0.717) is 38.2 Å². The minimum Gasteiger partial charge on any atom is -0.480 e. The molecule has 2 atom stereocenters. The molecule has 3 heterocycles. The van der Waals surface area contributed by atoms with E-state index >= 15 is 0 Å². The summed E-state index contributed by atoms with van der Waals surface area (Å²) in [4.78, 5) is 40.0. The third-order valence-electron chi connectivity index (χ3n) is 7.72. The van der Waals surface area contributed by atoms with E-state index in [9.17, 15) is 19.1 Å². The van der Waals surface area contributed by atoms with Crippen LogP contribution >= 0.6 is 11.6 Å². The van der Waals surface area contributed by atoms with E-state index in [2.05, 4.69) is 32.7 Å². The fraction of sp³-hybridized carbons (Fsp3) is 0.607. The van der Waals surface area contributed by atoms with E-state index in [0.717, 1.165) is 50.2 Å². The van der Waals surface area contributed by atoms with Gasteiger partial charge in [0, 0.05) is 38.6 Å². The van der Waals surface area contributed by atoms with Crippen molar-refractivity contribution < 1.29 is 23.8 Å². The number of aromatic nitrogens is 3. The van der Waals surface area contributed by atoms with Crippen LogP contribution in [0.15, 0.2) is 24.7 Å². The summed E-state index contributed by atoms with van der Waals surface area (Å²) in [6.07, 6.45) is 8.09. The molecule has 2 aliphatic rings. The molecule has 1 saturated carbocycles. The quantitative estimate of drug-likeness (QED) is 0.258. The van der Waals surface area contributed by atoms with Crippen molar-refractivity contribution in [2.75, 3.05) is 45.3 Å². The molecule has 1 aliphatic carbocycles. The summed E-state index contributed by atoms with van der Waals surface area (Å²) >= 11 is 6.22. The number of aryl methyl sites for hydroxylation is 2. The number of rotatable bonds is 16. The van der Waals surface area contributed by atoms with E-state index in [1.807, 2.05) is 4.90 Å². The molecule has 218 valence electrons. The second-order valence-corrected chi connectivity index (χ2v) is 11.0. The molecule has 0 bridgehead atoms. The maximum Gasteiger partial charge on any atom is 0.326 e. The molecule has 3 N–H and O–H groups in total. The van der Waals surface area contributed by atoms with Crippen molar-refractivity contribution in [1.82, 2.24) is 25.2 Å². The molecule has 0 spiro atoms. The van der Waals surface area contributed by atoms with E-state index in [4.69, 9.17) is 21.3 Å². The van der Waals surface area contributed by atoms with Gasteiger partial charge in [-0.1, -0.05) is 17.7 Å². The number of carboxylic acids is 1. The van der Waals surface area contributed by atoms with Gasteiger partial charge in [0.05, 0.1) is 22.2 Å². The summed E-state index contributed by atoms with van der Waals surface area (Å²) in [6.45, 7) is 1.64. The number of methoxy groups -OCH3 is 1. The van der Waals surface area contributed by atoms with Crippen molar-refractivity contribution >= 4 is 29.3 Å². The summed E-state index contributed by atoms with van der Waals surface area (Å²) in [5.41, 5.74) is 1.78.